The third-order valence-electron chi connectivity index (χ3n) is 4.74. The maximum atomic E-state index is 10.6. The van der Waals surface area contributed by atoms with Gasteiger partial charge in [0.05, 0.1) is 6.61 Å². The highest BCUT2D eigenvalue weighted by molar-refractivity contribution is 7.84. The lowest BCUT2D eigenvalue weighted by Gasteiger charge is -2.60. The second kappa shape index (κ2) is 3.96. The normalized spacial score (nSPS) is 36.8. The van der Waals surface area contributed by atoms with Crippen LogP contribution in [-0.4, -0.2) is 15.0 Å². The average Bonchev–Trinajstić information content (AvgIpc) is 2.15. The van der Waals surface area contributed by atoms with Gasteiger partial charge in [-0.3, -0.25) is 4.18 Å². The number of hydrogen-bond donors (Lipinski definition) is 1. The molecule has 0 heterocycles. The van der Waals surface area contributed by atoms with Crippen molar-refractivity contribution in [2.24, 2.45) is 28.3 Å². The quantitative estimate of drug-likeness (QED) is 0.821. The zero-order chi connectivity index (χ0) is 12.0. The molecule has 1 unspecified atom stereocenters. The Morgan fingerprint density at radius 3 is 2.56 bits per heavy atom. The first-order valence-corrected chi connectivity index (χ1v) is 7.45. The van der Waals surface area contributed by atoms with E-state index in [9.17, 15) is 8.42 Å². The van der Waals surface area contributed by atoms with Crippen molar-refractivity contribution < 1.29 is 12.6 Å². The molecular formula is C11H21NO3S. The third-order valence-corrected chi connectivity index (χ3v) is 5.23. The molecule has 3 saturated carbocycles. The van der Waals surface area contributed by atoms with Crippen LogP contribution in [0.15, 0.2) is 0 Å². The lowest BCUT2D eigenvalue weighted by molar-refractivity contribution is -0.108. The highest BCUT2D eigenvalue weighted by Crippen LogP contribution is 2.61. The summed E-state index contributed by atoms with van der Waals surface area (Å²) in [5.74, 6) is 2.24. The maximum Gasteiger partial charge on any atom is 0.333 e. The molecule has 3 atom stereocenters. The molecule has 94 valence electrons. The summed E-state index contributed by atoms with van der Waals surface area (Å²) in [6, 6.07) is 0. The molecule has 0 aromatic carbocycles. The Balaban J connectivity index is 1.83. The van der Waals surface area contributed by atoms with E-state index in [0.717, 1.165) is 18.3 Å². The second-order valence-corrected chi connectivity index (χ2v) is 7.02. The van der Waals surface area contributed by atoms with Gasteiger partial charge in [-0.05, 0) is 48.9 Å². The van der Waals surface area contributed by atoms with Crippen LogP contribution in [0.4, 0.5) is 0 Å². The summed E-state index contributed by atoms with van der Waals surface area (Å²) in [6.45, 7) is 4.90. The fourth-order valence-electron chi connectivity index (χ4n) is 3.62. The van der Waals surface area contributed by atoms with Gasteiger partial charge in [0.1, 0.15) is 0 Å². The van der Waals surface area contributed by atoms with E-state index in [0.29, 0.717) is 11.3 Å². The lowest BCUT2D eigenvalue weighted by Crippen LogP contribution is -2.52. The van der Waals surface area contributed by atoms with Crippen LogP contribution >= 0.6 is 0 Å². The second-order valence-electron chi connectivity index (χ2n) is 5.80. The molecule has 3 aliphatic rings. The number of rotatable bonds is 4. The molecule has 0 aromatic heterocycles. The monoisotopic (exact) mass is 247 g/mol. The molecule has 0 aromatic rings. The van der Waals surface area contributed by atoms with Gasteiger partial charge in [-0.15, -0.1) is 0 Å². The minimum absolute atomic E-state index is 0.237. The summed E-state index contributed by atoms with van der Waals surface area (Å²) >= 11 is 0. The summed E-state index contributed by atoms with van der Waals surface area (Å²) in [7, 11) is -3.76. The molecule has 3 aliphatic carbocycles. The van der Waals surface area contributed by atoms with Gasteiger partial charge in [0.2, 0.25) is 0 Å². The van der Waals surface area contributed by atoms with Crippen LogP contribution in [0.2, 0.25) is 0 Å². The van der Waals surface area contributed by atoms with Crippen molar-refractivity contribution in [3.8, 4) is 0 Å². The molecule has 0 saturated heterocycles. The summed E-state index contributed by atoms with van der Waals surface area (Å²) < 4.78 is 25.9. The highest BCUT2D eigenvalue weighted by atomic mass is 32.2. The minimum Gasteiger partial charge on any atom is -0.258 e. The molecule has 5 heteroatoms. The van der Waals surface area contributed by atoms with Crippen molar-refractivity contribution in [1.82, 2.24) is 0 Å². The Hall–Kier alpha value is -0.130. The Labute approximate surface area is 97.8 Å². The molecule has 0 radical (unpaired) electrons. The fourth-order valence-corrected chi connectivity index (χ4v) is 3.95. The van der Waals surface area contributed by atoms with E-state index >= 15 is 0 Å². The highest BCUT2D eigenvalue weighted by Gasteiger charge is 2.53. The first-order chi connectivity index (χ1) is 7.31. The Kier molecular flexibility index (Phi) is 3.05. The van der Waals surface area contributed by atoms with Gasteiger partial charge in [0, 0.05) is 0 Å². The fraction of sp³-hybridized carbons (Fsp3) is 1.00. The SMILES string of the molecule is CC1(C)C2C[C@@H]1CC[C@@H]2CCOS(N)(=O)=O. The Morgan fingerprint density at radius 1 is 1.38 bits per heavy atom. The van der Waals surface area contributed by atoms with Gasteiger partial charge in [-0.2, -0.15) is 8.42 Å². The first kappa shape index (κ1) is 12.3. The zero-order valence-electron chi connectivity index (χ0n) is 9.98. The van der Waals surface area contributed by atoms with Crippen molar-refractivity contribution in [2.75, 3.05) is 6.61 Å². The van der Waals surface area contributed by atoms with E-state index in [1.54, 1.807) is 0 Å². The van der Waals surface area contributed by atoms with Crippen molar-refractivity contribution in [3.05, 3.63) is 0 Å². The van der Waals surface area contributed by atoms with Crippen LogP contribution in [0.1, 0.15) is 39.5 Å². The average molecular weight is 247 g/mol. The van der Waals surface area contributed by atoms with Gasteiger partial charge in [-0.1, -0.05) is 13.8 Å². The minimum atomic E-state index is -3.76. The molecule has 16 heavy (non-hydrogen) atoms. The Bertz CT molecular complexity index is 361. The summed E-state index contributed by atoms with van der Waals surface area (Å²) in [6.07, 6.45) is 4.63. The largest absolute Gasteiger partial charge is 0.333 e. The molecule has 2 N–H and O–H groups in total. The molecule has 0 aliphatic heterocycles. The summed E-state index contributed by atoms with van der Waals surface area (Å²) in [5.41, 5.74) is 0.449. The van der Waals surface area contributed by atoms with E-state index in [1.165, 1.54) is 19.3 Å². The smallest absolute Gasteiger partial charge is 0.258 e. The molecule has 0 spiro atoms. The van der Waals surface area contributed by atoms with Gasteiger partial charge >= 0.3 is 10.3 Å². The molecule has 3 fully saturated rings. The lowest BCUT2D eigenvalue weighted by atomic mass is 9.45. The van der Waals surface area contributed by atoms with Gasteiger partial charge < -0.3 is 0 Å². The predicted molar refractivity (Wildman–Crippen MR) is 61.8 cm³/mol. The van der Waals surface area contributed by atoms with Gasteiger partial charge in [0.15, 0.2) is 0 Å². The molecule has 3 rings (SSSR count). The van der Waals surface area contributed by atoms with Crippen LogP contribution in [0.25, 0.3) is 0 Å². The van der Waals surface area contributed by atoms with E-state index in [4.69, 9.17) is 5.14 Å². The number of fused-ring (bicyclic) bond motifs is 2. The van der Waals surface area contributed by atoms with Crippen LogP contribution in [0, 0.1) is 23.2 Å². The zero-order valence-corrected chi connectivity index (χ0v) is 10.8. The number of hydrogen-bond acceptors (Lipinski definition) is 3. The third kappa shape index (κ3) is 2.26. The van der Waals surface area contributed by atoms with Gasteiger partial charge in [0.25, 0.3) is 0 Å². The van der Waals surface area contributed by atoms with Crippen LogP contribution in [-0.2, 0) is 14.5 Å². The summed E-state index contributed by atoms with van der Waals surface area (Å²) in [5, 5.41) is 4.80. The molecule has 0 amide bonds. The van der Waals surface area contributed by atoms with Crippen molar-refractivity contribution in [2.45, 2.75) is 39.5 Å². The van der Waals surface area contributed by atoms with E-state index in [1.807, 2.05) is 0 Å². The van der Waals surface area contributed by atoms with Crippen LogP contribution in [0.5, 0.6) is 0 Å². The molecule has 2 bridgehead atoms. The first-order valence-electron chi connectivity index (χ1n) is 5.98. The molecular weight excluding hydrogens is 226 g/mol. The van der Waals surface area contributed by atoms with Gasteiger partial charge in [-0.25, -0.2) is 5.14 Å². The van der Waals surface area contributed by atoms with Crippen LogP contribution in [0.3, 0.4) is 0 Å². The number of nitrogens with two attached hydrogens (primary N) is 1. The van der Waals surface area contributed by atoms with Crippen molar-refractivity contribution in [1.29, 1.82) is 0 Å². The van der Waals surface area contributed by atoms with E-state index < -0.39 is 10.3 Å². The standard InChI is InChI=1S/C11H21NO3S/c1-11(2)9-4-3-8(10(11)7-9)5-6-15-16(12,13)14/h8-10H,3-7H2,1-2H3,(H2,12,13,14)/t8-,9+,10?/m1/s1. The Morgan fingerprint density at radius 2 is 2.06 bits per heavy atom. The molecule has 4 nitrogen and oxygen atoms in total. The van der Waals surface area contributed by atoms with E-state index in [2.05, 4.69) is 18.0 Å². The predicted octanol–water partition coefficient (Wildman–Crippen LogP) is 1.67. The van der Waals surface area contributed by atoms with Crippen molar-refractivity contribution >= 4 is 10.3 Å². The summed E-state index contributed by atoms with van der Waals surface area (Å²) in [4.78, 5) is 0. The van der Waals surface area contributed by atoms with Crippen LogP contribution < -0.4 is 5.14 Å². The topological polar surface area (TPSA) is 69.4 Å². The van der Waals surface area contributed by atoms with E-state index in [-0.39, 0.29) is 6.61 Å². The maximum absolute atomic E-state index is 10.6. The van der Waals surface area contributed by atoms with Crippen molar-refractivity contribution in [3.63, 3.8) is 0 Å².